The fourth-order valence-electron chi connectivity index (χ4n) is 3.52. The quantitative estimate of drug-likeness (QED) is 0.497. The van der Waals surface area contributed by atoms with Crippen LogP contribution in [0.15, 0.2) is 82.6 Å². The summed E-state index contributed by atoms with van der Waals surface area (Å²) in [6.07, 6.45) is 0.0665. The summed E-state index contributed by atoms with van der Waals surface area (Å²) >= 11 is 0. The standard InChI is InChI=1S/C23H17NO6S/c25-21-16-8-4-5-9-19(16)31(29,30)20-13-15(10-11-17(20)21)22(26)24-18(23(27)28)12-14-6-2-1-3-7-14/h1-11,13,18H,12H2,(H,24,26)(H,27,28). The summed E-state index contributed by atoms with van der Waals surface area (Å²) in [4.78, 5) is 36.7. The second-order valence-corrected chi connectivity index (χ2v) is 8.98. The summed E-state index contributed by atoms with van der Waals surface area (Å²) in [6.45, 7) is 0. The Bertz CT molecular complexity index is 1310. The van der Waals surface area contributed by atoms with E-state index in [-0.39, 0.29) is 32.9 Å². The average Bonchev–Trinajstić information content (AvgIpc) is 2.77. The van der Waals surface area contributed by atoms with Gasteiger partial charge < -0.3 is 10.4 Å². The van der Waals surface area contributed by atoms with Crippen molar-refractivity contribution in [3.8, 4) is 0 Å². The maximum atomic E-state index is 13.0. The van der Waals surface area contributed by atoms with E-state index in [1.807, 2.05) is 0 Å². The molecule has 1 heterocycles. The van der Waals surface area contributed by atoms with E-state index in [1.54, 1.807) is 36.4 Å². The fraction of sp³-hybridized carbons (Fsp3) is 0.0870. The molecule has 0 aromatic heterocycles. The molecule has 0 saturated carbocycles. The molecule has 1 unspecified atom stereocenters. The van der Waals surface area contributed by atoms with E-state index in [0.29, 0.717) is 0 Å². The third kappa shape index (κ3) is 3.73. The van der Waals surface area contributed by atoms with Gasteiger partial charge in [-0.2, -0.15) is 0 Å². The molecule has 3 aromatic carbocycles. The van der Waals surface area contributed by atoms with Gasteiger partial charge in [0.15, 0.2) is 5.78 Å². The molecule has 1 aliphatic heterocycles. The van der Waals surface area contributed by atoms with Crippen molar-refractivity contribution in [2.24, 2.45) is 0 Å². The Morgan fingerprint density at radius 3 is 2.23 bits per heavy atom. The summed E-state index contributed by atoms with van der Waals surface area (Å²) in [5, 5.41) is 11.9. The molecule has 8 heteroatoms. The van der Waals surface area contributed by atoms with Crippen molar-refractivity contribution in [2.45, 2.75) is 22.3 Å². The van der Waals surface area contributed by atoms with Gasteiger partial charge in [0.25, 0.3) is 5.91 Å². The highest BCUT2D eigenvalue weighted by molar-refractivity contribution is 7.91. The van der Waals surface area contributed by atoms with E-state index in [0.717, 1.165) is 11.6 Å². The summed E-state index contributed by atoms with van der Waals surface area (Å²) in [6, 6.07) is 17.2. The van der Waals surface area contributed by atoms with Crippen LogP contribution in [0.3, 0.4) is 0 Å². The number of benzene rings is 3. The Labute approximate surface area is 178 Å². The molecule has 1 amide bonds. The summed E-state index contributed by atoms with van der Waals surface area (Å²) in [7, 11) is -4.00. The monoisotopic (exact) mass is 435 g/mol. The average molecular weight is 435 g/mol. The molecule has 0 spiro atoms. The Balaban J connectivity index is 1.66. The number of carboxylic acid groups (broad SMARTS) is 1. The van der Waals surface area contributed by atoms with Gasteiger partial charge in [0.05, 0.1) is 9.79 Å². The van der Waals surface area contributed by atoms with Gasteiger partial charge in [0.2, 0.25) is 9.84 Å². The number of carbonyl (C=O) groups excluding carboxylic acids is 2. The third-order valence-electron chi connectivity index (χ3n) is 5.09. The molecule has 0 fully saturated rings. The van der Waals surface area contributed by atoms with Crippen LogP contribution in [-0.2, 0) is 21.1 Å². The normalized spacial score (nSPS) is 14.8. The van der Waals surface area contributed by atoms with E-state index in [4.69, 9.17) is 0 Å². The van der Waals surface area contributed by atoms with Gasteiger partial charge in [-0.15, -0.1) is 0 Å². The first-order valence-electron chi connectivity index (χ1n) is 9.39. The lowest BCUT2D eigenvalue weighted by molar-refractivity contribution is -0.139. The zero-order valence-electron chi connectivity index (χ0n) is 16.1. The van der Waals surface area contributed by atoms with Crippen molar-refractivity contribution in [1.29, 1.82) is 0 Å². The second-order valence-electron chi connectivity index (χ2n) is 7.09. The van der Waals surface area contributed by atoms with Crippen LogP contribution in [0.25, 0.3) is 0 Å². The first-order chi connectivity index (χ1) is 14.8. The molecule has 4 rings (SSSR count). The Morgan fingerprint density at radius 1 is 0.871 bits per heavy atom. The molecule has 1 atom stereocenters. The van der Waals surface area contributed by atoms with Crippen LogP contribution in [0, 0.1) is 0 Å². The van der Waals surface area contributed by atoms with Gasteiger partial charge in [0, 0.05) is 23.1 Å². The number of carboxylic acids is 1. The number of ketones is 1. The highest BCUT2D eigenvalue weighted by atomic mass is 32.2. The second kappa shape index (κ2) is 7.81. The predicted octanol–water partition coefficient (Wildman–Crippen LogP) is 2.49. The lowest BCUT2D eigenvalue weighted by Crippen LogP contribution is -2.42. The number of fused-ring (bicyclic) bond motifs is 2. The van der Waals surface area contributed by atoms with E-state index in [9.17, 15) is 27.9 Å². The zero-order valence-corrected chi connectivity index (χ0v) is 16.9. The number of rotatable bonds is 5. The summed E-state index contributed by atoms with van der Waals surface area (Å²) < 4.78 is 26.0. The van der Waals surface area contributed by atoms with Crippen molar-refractivity contribution in [2.75, 3.05) is 0 Å². The largest absolute Gasteiger partial charge is 0.480 e. The minimum atomic E-state index is -4.00. The molecule has 156 valence electrons. The van der Waals surface area contributed by atoms with Gasteiger partial charge in [-0.25, -0.2) is 13.2 Å². The van der Waals surface area contributed by atoms with Crippen molar-refractivity contribution >= 4 is 27.5 Å². The maximum absolute atomic E-state index is 13.0. The van der Waals surface area contributed by atoms with Crippen LogP contribution < -0.4 is 5.32 Å². The first kappa shape index (κ1) is 20.5. The minimum Gasteiger partial charge on any atom is -0.480 e. The number of carbonyl (C=O) groups is 3. The number of sulfone groups is 1. The zero-order chi connectivity index (χ0) is 22.2. The van der Waals surface area contributed by atoms with Crippen molar-refractivity contribution in [3.63, 3.8) is 0 Å². The van der Waals surface area contributed by atoms with Crippen LogP contribution in [0.1, 0.15) is 31.8 Å². The highest BCUT2D eigenvalue weighted by Gasteiger charge is 2.35. The number of amides is 1. The number of hydrogen-bond donors (Lipinski definition) is 2. The third-order valence-corrected chi connectivity index (χ3v) is 6.94. The molecular weight excluding hydrogens is 418 g/mol. The van der Waals surface area contributed by atoms with Gasteiger partial charge in [-0.1, -0.05) is 42.5 Å². The van der Waals surface area contributed by atoms with E-state index < -0.39 is 33.5 Å². The predicted molar refractivity (Wildman–Crippen MR) is 111 cm³/mol. The van der Waals surface area contributed by atoms with Gasteiger partial charge in [-0.3, -0.25) is 9.59 Å². The molecular formula is C23H17NO6S. The van der Waals surface area contributed by atoms with E-state index in [2.05, 4.69) is 5.32 Å². The number of aliphatic carboxylic acids is 1. The molecule has 0 saturated heterocycles. The molecule has 3 aromatic rings. The Hall–Kier alpha value is -3.78. The molecule has 31 heavy (non-hydrogen) atoms. The van der Waals surface area contributed by atoms with E-state index >= 15 is 0 Å². The number of nitrogens with one attached hydrogen (secondary N) is 1. The van der Waals surface area contributed by atoms with Crippen molar-refractivity contribution in [1.82, 2.24) is 5.32 Å². The first-order valence-corrected chi connectivity index (χ1v) is 10.9. The lowest BCUT2D eigenvalue weighted by Gasteiger charge is -2.20. The Morgan fingerprint density at radius 2 is 1.52 bits per heavy atom. The summed E-state index contributed by atoms with van der Waals surface area (Å²) in [5.41, 5.74) is 0.745. The topological polar surface area (TPSA) is 118 Å². The van der Waals surface area contributed by atoms with Crippen LogP contribution in [0.2, 0.25) is 0 Å². The van der Waals surface area contributed by atoms with E-state index in [1.165, 1.54) is 30.3 Å². The van der Waals surface area contributed by atoms with Crippen molar-refractivity contribution in [3.05, 3.63) is 95.1 Å². The smallest absolute Gasteiger partial charge is 0.326 e. The van der Waals surface area contributed by atoms with Gasteiger partial charge >= 0.3 is 5.97 Å². The SMILES string of the molecule is O=C(NC(Cc1ccccc1)C(=O)O)c1ccc2c(c1)S(=O)(=O)c1ccccc1C2=O. The molecule has 7 nitrogen and oxygen atoms in total. The summed E-state index contributed by atoms with van der Waals surface area (Å²) in [5.74, 6) is -2.40. The fourth-order valence-corrected chi connectivity index (χ4v) is 5.19. The molecule has 2 N–H and O–H groups in total. The van der Waals surface area contributed by atoms with Crippen LogP contribution >= 0.6 is 0 Å². The molecule has 0 radical (unpaired) electrons. The maximum Gasteiger partial charge on any atom is 0.326 e. The van der Waals surface area contributed by atoms with Gasteiger partial charge in [-0.05, 0) is 35.9 Å². The van der Waals surface area contributed by atoms with Crippen LogP contribution in [0.4, 0.5) is 0 Å². The van der Waals surface area contributed by atoms with Crippen molar-refractivity contribution < 1.29 is 27.9 Å². The number of hydrogen-bond acceptors (Lipinski definition) is 5. The highest BCUT2D eigenvalue weighted by Crippen LogP contribution is 2.34. The van der Waals surface area contributed by atoms with Crippen LogP contribution in [0.5, 0.6) is 0 Å². The molecule has 0 aliphatic carbocycles. The Kier molecular flexibility index (Phi) is 5.16. The molecule has 1 aliphatic rings. The van der Waals surface area contributed by atoms with Crippen LogP contribution in [-0.4, -0.2) is 37.2 Å². The van der Waals surface area contributed by atoms with Gasteiger partial charge in [0.1, 0.15) is 6.04 Å². The minimum absolute atomic E-state index is 0.0191. The molecule has 0 bridgehead atoms. The lowest BCUT2D eigenvalue weighted by atomic mass is 10.0.